The number of hydrogen-bond acceptors (Lipinski definition) is 3. The fraction of sp³-hybridized carbons (Fsp3) is 0.500. The molecule has 9 heavy (non-hydrogen) atoms. The fourth-order valence-corrected chi connectivity index (χ4v) is 0.654. The van der Waals surface area contributed by atoms with Gasteiger partial charge in [0.15, 0.2) is 0 Å². The Labute approximate surface area is 53.5 Å². The SMILES string of the molecule is NC[C@H]1C=CC(=O)OC1. The summed E-state index contributed by atoms with van der Waals surface area (Å²) >= 11 is 0. The van der Waals surface area contributed by atoms with Crippen molar-refractivity contribution in [2.45, 2.75) is 0 Å². The second-order valence-corrected chi connectivity index (χ2v) is 1.98. The van der Waals surface area contributed by atoms with Crippen molar-refractivity contribution >= 4 is 5.97 Å². The monoisotopic (exact) mass is 127 g/mol. The largest absolute Gasteiger partial charge is 0.462 e. The standard InChI is InChI=1S/C6H9NO2/c7-3-5-1-2-6(8)9-4-5/h1-2,5H,3-4,7H2/t5-/m1/s1. The van der Waals surface area contributed by atoms with Gasteiger partial charge in [0, 0.05) is 18.5 Å². The Hall–Kier alpha value is -0.830. The summed E-state index contributed by atoms with van der Waals surface area (Å²) in [4.78, 5) is 10.4. The van der Waals surface area contributed by atoms with E-state index in [0.717, 1.165) is 0 Å². The molecule has 0 aromatic carbocycles. The van der Waals surface area contributed by atoms with Crippen LogP contribution in [0.25, 0.3) is 0 Å². The lowest BCUT2D eigenvalue weighted by Crippen LogP contribution is -2.23. The molecule has 2 N–H and O–H groups in total. The van der Waals surface area contributed by atoms with Crippen LogP contribution in [0.1, 0.15) is 0 Å². The smallest absolute Gasteiger partial charge is 0.330 e. The first-order valence-corrected chi connectivity index (χ1v) is 2.88. The van der Waals surface area contributed by atoms with Crippen LogP contribution >= 0.6 is 0 Å². The van der Waals surface area contributed by atoms with Crippen molar-refractivity contribution in [3.05, 3.63) is 12.2 Å². The van der Waals surface area contributed by atoms with E-state index in [1.54, 1.807) is 6.08 Å². The van der Waals surface area contributed by atoms with Crippen LogP contribution in [0, 0.1) is 5.92 Å². The number of carbonyl (C=O) groups is 1. The number of carbonyl (C=O) groups excluding carboxylic acids is 1. The molecule has 0 bridgehead atoms. The molecule has 1 aliphatic rings. The van der Waals surface area contributed by atoms with Gasteiger partial charge in [-0.15, -0.1) is 0 Å². The van der Waals surface area contributed by atoms with Crippen molar-refractivity contribution in [3.8, 4) is 0 Å². The van der Waals surface area contributed by atoms with Gasteiger partial charge in [0.2, 0.25) is 0 Å². The molecule has 1 atom stereocenters. The highest BCUT2D eigenvalue weighted by Gasteiger charge is 2.10. The Kier molecular flexibility index (Phi) is 1.85. The minimum Gasteiger partial charge on any atom is -0.462 e. The third kappa shape index (κ3) is 1.54. The second-order valence-electron chi connectivity index (χ2n) is 1.98. The molecule has 0 saturated carbocycles. The van der Waals surface area contributed by atoms with Gasteiger partial charge in [-0.3, -0.25) is 0 Å². The number of nitrogens with two attached hydrogens (primary N) is 1. The first-order chi connectivity index (χ1) is 4.33. The van der Waals surface area contributed by atoms with Crippen LogP contribution in [0.5, 0.6) is 0 Å². The van der Waals surface area contributed by atoms with Crippen LogP contribution in [0.4, 0.5) is 0 Å². The zero-order valence-corrected chi connectivity index (χ0v) is 5.04. The van der Waals surface area contributed by atoms with E-state index in [1.807, 2.05) is 0 Å². The lowest BCUT2D eigenvalue weighted by Gasteiger charge is -2.13. The van der Waals surface area contributed by atoms with E-state index in [1.165, 1.54) is 6.08 Å². The summed E-state index contributed by atoms with van der Waals surface area (Å²) in [5.41, 5.74) is 5.31. The Morgan fingerprint density at radius 1 is 1.89 bits per heavy atom. The number of hydrogen-bond donors (Lipinski definition) is 1. The summed E-state index contributed by atoms with van der Waals surface area (Å²) in [6, 6.07) is 0. The van der Waals surface area contributed by atoms with Gasteiger partial charge in [-0.1, -0.05) is 6.08 Å². The number of esters is 1. The zero-order chi connectivity index (χ0) is 6.69. The van der Waals surface area contributed by atoms with E-state index < -0.39 is 0 Å². The van der Waals surface area contributed by atoms with E-state index >= 15 is 0 Å². The summed E-state index contributed by atoms with van der Waals surface area (Å²) in [5.74, 6) is -0.0394. The number of rotatable bonds is 1. The third-order valence-electron chi connectivity index (χ3n) is 1.25. The van der Waals surface area contributed by atoms with Gasteiger partial charge in [-0.25, -0.2) is 4.79 Å². The topological polar surface area (TPSA) is 52.3 Å². The summed E-state index contributed by atoms with van der Waals surface area (Å²) in [5, 5.41) is 0. The summed E-state index contributed by atoms with van der Waals surface area (Å²) in [6.07, 6.45) is 3.20. The highest BCUT2D eigenvalue weighted by molar-refractivity contribution is 5.82. The first-order valence-electron chi connectivity index (χ1n) is 2.88. The maximum absolute atomic E-state index is 10.4. The maximum Gasteiger partial charge on any atom is 0.330 e. The van der Waals surface area contributed by atoms with E-state index in [-0.39, 0.29) is 11.9 Å². The molecule has 1 heterocycles. The van der Waals surface area contributed by atoms with E-state index in [9.17, 15) is 4.79 Å². The van der Waals surface area contributed by atoms with E-state index in [0.29, 0.717) is 13.2 Å². The second kappa shape index (κ2) is 2.64. The predicted molar refractivity (Wildman–Crippen MR) is 32.6 cm³/mol. The third-order valence-corrected chi connectivity index (χ3v) is 1.25. The van der Waals surface area contributed by atoms with E-state index in [4.69, 9.17) is 5.73 Å². The molecule has 0 amide bonds. The quantitative estimate of drug-likeness (QED) is 0.491. The summed E-state index contributed by atoms with van der Waals surface area (Å²) in [7, 11) is 0. The van der Waals surface area contributed by atoms with Crippen molar-refractivity contribution in [2.75, 3.05) is 13.2 Å². The minimum atomic E-state index is -0.264. The van der Waals surface area contributed by atoms with Gasteiger partial charge in [0.25, 0.3) is 0 Å². The molecular weight excluding hydrogens is 118 g/mol. The Balaban J connectivity index is 2.48. The molecule has 1 aliphatic heterocycles. The van der Waals surface area contributed by atoms with Gasteiger partial charge >= 0.3 is 5.97 Å². The molecule has 0 aromatic rings. The van der Waals surface area contributed by atoms with Crippen molar-refractivity contribution in [3.63, 3.8) is 0 Å². The van der Waals surface area contributed by atoms with Gasteiger partial charge in [0.1, 0.15) is 0 Å². The fourth-order valence-electron chi connectivity index (χ4n) is 0.654. The van der Waals surface area contributed by atoms with Crippen LogP contribution in [0.3, 0.4) is 0 Å². The van der Waals surface area contributed by atoms with Crippen LogP contribution in [0.15, 0.2) is 12.2 Å². The molecule has 50 valence electrons. The normalized spacial score (nSPS) is 25.9. The van der Waals surface area contributed by atoms with Crippen molar-refractivity contribution in [2.24, 2.45) is 11.7 Å². The molecule has 0 fully saturated rings. The summed E-state index contributed by atoms with van der Waals surface area (Å²) in [6.45, 7) is 0.982. The predicted octanol–water partition coefficient (Wildman–Crippen LogP) is -0.326. The molecule has 3 nitrogen and oxygen atoms in total. The van der Waals surface area contributed by atoms with Crippen LogP contribution in [0.2, 0.25) is 0 Å². The Bertz CT molecular complexity index is 142. The molecule has 0 aliphatic carbocycles. The lowest BCUT2D eigenvalue weighted by atomic mass is 10.1. The number of ether oxygens (including phenoxy) is 1. The summed E-state index contributed by atoms with van der Waals surface area (Å²) < 4.78 is 4.68. The average molecular weight is 127 g/mol. The van der Waals surface area contributed by atoms with Crippen molar-refractivity contribution in [1.82, 2.24) is 0 Å². The van der Waals surface area contributed by atoms with Gasteiger partial charge in [0.05, 0.1) is 6.61 Å². The molecule has 0 aromatic heterocycles. The Morgan fingerprint density at radius 2 is 2.67 bits per heavy atom. The van der Waals surface area contributed by atoms with Crippen molar-refractivity contribution in [1.29, 1.82) is 0 Å². The lowest BCUT2D eigenvalue weighted by molar-refractivity contribution is -0.139. The van der Waals surface area contributed by atoms with Crippen LogP contribution in [-0.2, 0) is 9.53 Å². The minimum absolute atomic E-state index is 0.225. The Morgan fingerprint density at radius 3 is 3.11 bits per heavy atom. The van der Waals surface area contributed by atoms with E-state index in [2.05, 4.69) is 4.74 Å². The van der Waals surface area contributed by atoms with Gasteiger partial charge < -0.3 is 10.5 Å². The number of cyclic esters (lactones) is 1. The van der Waals surface area contributed by atoms with Gasteiger partial charge in [-0.2, -0.15) is 0 Å². The molecule has 0 unspecified atom stereocenters. The first kappa shape index (κ1) is 6.29. The molecule has 1 rings (SSSR count). The molecule has 0 radical (unpaired) electrons. The van der Waals surface area contributed by atoms with Crippen LogP contribution < -0.4 is 5.73 Å². The van der Waals surface area contributed by atoms with Crippen LogP contribution in [-0.4, -0.2) is 19.1 Å². The van der Waals surface area contributed by atoms with Gasteiger partial charge in [-0.05, 0) is 0 Å². The zero-order valence-electron chi connectivity index (χ0n) is 5.04. The maximum atomic E-state index is 10.4. The molecule has 0 saturated heterocycles. The molecule has 3 heteroatoms. The molecular formula is C6H9NO2. The van der Waals surface area contributed by atoms with Crippen molar-refractivity contribution < 1.29 is 9.53 Å². The highest BCUT2D eigenvalue weighted by Crippen LogP contribution is 2.03. The highest BCUT2D eigenvalue weighted by atomic mass is 16.5. The average Bonchev–Trinajstić information content (AvgIpc) is 1.90. The molecule has 0 spiro atoms.